The molecule has 0 fully saturated rings. The van der Waals surface area contributed by atoms with E-state index in [1.807, 2.05) is 19.1 Å². The van der Waals surface area contributed by atoms with Crippen LogP contribution in [0, 0.1) is 13.8 Å². The summed E-state index contributed by atoms with van der Waals surface area (Å²) in [5, 5.41) is 4.97. The number of aromatic nitrogens is 3. The summed E-state index contributed by atoms with van der Waals surface area (Å²) in [5.74, 6) is 1.80. The Labute approximate surface area is 141 Å². The molecule has 3 rings (SSSR count). The molecule has 0 amide bonds. The fourth-order valence-electron chi connectivity index (χ4n) is 2.22. The van der Waals surface area contributed by atoms with Crippen molar-refractivity contribution in [1.29, 1.82) is 0 Å². The minimum Gasteiger partial charge on any atom is -0.338 e. The van der Waals surface area contributed by atoms with Crippen LogP contribution in [0.4, 0.5) is 0 Å². The second-order valence-corrected chi connectivity index (χ2v) is 8.06. The number of thiazole rings is 1. The van der Waals surface area contributed by atoms with Gasteiger partial charge >= 0.3 is 0 Å². The lowest BCUT2D eigenvalue weighted by molar-refractivity contribution is 0.385. The van der Waals surface area contributed by atoms with Gasteiger partial charge in [0.15, 0.2) is 5.82 Å². The second-order valence-electron chi connectivity index (χ2n) is 5.28. The first-order chi connectivity index (χ1) is 11.1. The van der Waals surface area contributed by atoms with Crippen LogP contribution in [0.3, 0.4) is 0 Å². The Morgan fingerprint density at radius 2 is 2.04 bits per heavy atom. The third-order valence-electron chi connectivity index (χ3n) is 3.38. The average molecular weight is 347 g/mol. The Kier molecular flexibility index (Phi) is 4.97. The lowest BCUT2D eigenvalue weighted by Crippen LogP contribution is -1.99. The fourth-order valence-corrected chi connectivity index (χ4v) is 4.33. The van der Waals surface area contributed by atoms with Crippen LogP contribution < -0.4 is 0 Å². The highest BCUT2D eigenvalue weighted by Crippen LogP contribution is 2.16. The van der Waals surface area contributed by atoms with Crippen molar-refractivity contribution >= 4 is 22.1 Å². The van der Waals surface area contributed by atoms with Crippen molar-refractivity contribution < 1.29 is 8.73 Å². The van der Waals surface area contributed by atoms with Gasteiger partial charge in [-0.1, -0.05) is 29.4 Å². The highest BCUT2D eigenvalue weighted by atomic mass is 32.2. The van der Waals surface area contributed by atoms with Crippen molar-refractivity contribution in [2.45, 2.75) is 31.8 Å². The van der Waals surface area contributed by atoms with Gasteiger partial charge in [0.2, 0.25) is 5.89 Å². The van der Waals surface area contributed by atoms with E-state index in [1.165, 1.54) is 11.1 Å². The standard InChI is InChI=1S/C16H17N3O2S2/c1-11-5-3-4-6-13(11)7-15-18-16(21-19-15)10-23(20)9-14-8-17-12(2)22-14/h3-6,8H,7,9-10H2,1-2H3/t23-/m0/s1. The Morgan fingerprint density at radius 3 is 2.78 bits per heavy atom. The Hall–Kier alpha value is -1.86. The summed E-state index contributed by atoms with van der Waals surface area (Å²) in [5.41, 5.74) is 2.36. The topological polar surface area (TPSA) is 68.9 Å². The van der Waals surface area contributed by atoms with E-state index >= 15 is 0 Å². The number of benzene rings is 1. The largest absolute Gasteiger partial charge is 0.338 e. The van der Waals surface area contributed by atoms with Gasteiger partial charge in [0.25, 0.3) is 0 Å². The molecule has 0 unspecified atom stereocenters. The van der Waals surface area contributed by atoms with E-state index in [0.29, 0.717) is 23.9 Å². The molecule has 0 bridgehead atoms. The van der Waals surface area contributed by atoms with E-state index in [0.717, 1.165) is 9.88 Å². The molecule has 0 spiro atoms. The highest BCUT2D eigenvalue weighted by molar-refractivity contribution is 7.83. The number of nitrogens with zero attached hydrogens (tertiary/aromatic N) is 3. The third-order valence-corrected chi connectivity index (χ3v) is 5.67. The van der Waals surface area contributed by atoms with Gasteiger partial charge in [-0.25, -0.2) is 4.98 Å². The van der Waals surface area contributed by atoms with E-state index in [9.17, 15) is 4.21 Å². The molecule has 0 saturated carbocycles. The number of aryl methyl sites for hydroxylation is 2. The van der Waals surface area contributed by atoms with E-state index in [4.69, 9.17) is 4.52 Å². The van der Waals surface area contributed by atoms with Crippen LogP contribution >= 0.6 is 11.3 Å². The van der Waals surface area contributed by atoms with Gasteiger partial charge < -0.3 is 4.52 Å². The zero-order valence-corrected chi connectivity index (χ0v) is 14.6. The Balaban J connectivity index is 1.61. The second kappa shape index (κ2) is 7.14. The van der Waals surface area contributed by atoms with Gasteiger partial charge in [-0.15, -0.1) is 11.3 Å². The predicted molar refractivity (Wildman–Crippen MR) is 90.7 cm³/mol. The maximum atomic E-state index is 12.2. The normalized spacial score (nSPS) is 12.4. The molecule has 0 saturated heterocycles. The van der Waals surface area contributed by atoms with Gasteiger partial charge in [0.1, 0.15) is 5.75 Å². The van der Waals surface area contributed by atoms with Crippen molar-refractivity contribution in [3.05, 3.63) is 63.2 Å². The van der Waals surface area contributed by atoms with Gasteiger partial charge in [-0.05, 0) is 25.0 Å². The molecular weight excluding hydrogens is 330 g/mol. The van der Waals surface area contributed by atoms with Crippen LogP contribution in [0.25, 0.3) is 0 Å². The summed E-state index contributed by atoms with van der Waals surface area (Å²) >= 11 is 1.56. The van der Waals surface area contributed by atoms with Crippen molar-refractivity contribution in [3.8, 4) is 0 Å². The van der Waals surface area contributed by atoms with Crippen LogP contribution in [-0.2, 0) is 28.7 Å². The highest BCUT2D eigenvalue weighted by Gasteiger charge is 2.13. The maximum Gasteiger partial charge on any atom is 0.239 e. The van der Waals surface area contributed by atoms with E-state index in [1.54, 1.807) is 17.5 Å². The summed E-state index contributed by atoms with van der Waals surface area (Å²) in [4.78, 5) is 9.53. The first-order valence-electron chi connectivity index (χ1n) is 7.22. The summed E-state index contributed by atoms with van der Waals surface area (Å²) in [6.07, 6.45) is 2.40. The zero-order chi connectivity index (χ0) is 16.2. The number of hydrogen-bond acceptors (Lipinski definition) is 6. The molecule has 0 aliphatic heterocycles. The molecule has 7 heteroatoms. The summed E-state index contributed by atoms with van der Waals surface area (Å²) in [6, 6.07) is 8.11. The molecule has 1 atom stereocenters. The average Bonchev–Trinajstić information content (AvgIpc) is 3.11. The molecule has 2 heterocycles. The van der Waals surface area contributed by atoms with Gasteiger partial charge in [-0.3, -0.25) is 4.21 Å². The molecule has 3 aromatic rings. The van der Waals surface area contributed by atoms with Crippen LogP contribution in [-0.4, -0.2) is 19.3 Å². The SMILES string of the molecule is Cc1ncc(C[S@](=O)Cc2nc(Cc3ccccc3C)no2)s1. The Morgan fingerprint density at radius 1 is 1.22 bits per heavy atom. The van der Waals surface area contributed by atoms with Crippen LogP contribution in [0.1, 0.15) is 32.7 Å². The maximum absolute atomic E-state index is 12.2. The molecule has 120 valence electrons. The fraction of sp³-hybridized carbons (Fsp3) is 0.312. The predicted octanol–water partition coefficient (Wildman–Crippen LogP) is 3.18. The summed E-state index contributed by atoms with van der Waals surface area (Å²) < 4.78 is 17.4. The molecule has 1 aromatic carbocycles. The third kappa shape index (κ3) is 4.33. The quantitative estimate of drug-likeness (QED) is 0.685. The number of hydrogen-bond donors (Lipinski definition) is 0. The van der Waals surface area contributed by atoms with E-state index in [-0.39, 0.29) is 5.75 Å². The molecule has 5 nitrogen and oxygen atoms in total. The molecule has 0 N–H and O–H groups in total. The molecule has 23 heavy (non-hydrogen) atoms. The lowest BCUT2D eigenvalue weighted by Gasteiger charge is -2.00. The first kappa shape index (κ1) is 16.0. The molecule has 0 radical (unpaired) electrons. The van der Waals surface area contributed by atoms with Gasteiger partial charge in [-0.2, -0.15) is 4.98 Å². The van der Waals surface area contributed by atoms with Crippen molar-refractivity contribution in [1.82, 2.24) is 15.1 Å². The van der Waals surface area contributed by atoms with Crippen LogP contribution in [0.2, 0.25) is 0 Å². The van der Waals surface area contributed by atoms with Crippen molar-refractivity contribution in [2.75, 3.05) is 0 Å². The molecular formula is C16H17N3O2S2. The van der Waals surface area contributed by atoms with Gasteiger partial charge in [0.05, 0.1) is 10.8 Å². The van der Waals surface area contributed by atoms with E-state index in [2.05, 4.69) is 34.2 Å². The molecule has 0 aliphatic carbocycles. The summed E-state index contributed by atoms with van der Waals surface area (Å²) in [7, 11) is -1.07. The van der Waals surface area contributed by atoms with E-state index < -0.39 is 10.8 Å². The lowest BCUT2D eigenvalue weighted by atomic mass is 10.1. The minimum atomic E-state index is -1.07. The smallest absolute Gasteiger partial charge is 0.239 e. The minimum absolute atomic E-state index is 0.276. The van der Waals surface area contributed by atoms with Crippen LogP contribution in [0.5, 0.6) is 0 Å². The zero-order valence-electron chi connectivity index (χ0n) is 13.0. The summed E-state index contributed by atoms with van der Waals surface area (Å²) in [6.45, 7) is 4.00. The number of rotatable bonds is 6. The van der Waals surface area contributed by atoms with Crippen LogP contribution in [0.15, 0.2) is 35.0 Å². The van der Waals surface area contributed by atoms with Crippen molar-refractivity contribution in [3.63, 3.8) is 0 Å². The molecule has 0 aliphatic rings. The van der Waals surface area contributed by atoms with Crippen molar-refractivity contribution in [2.24, 2.45) is 0 Å². The first-order valence-corrected chi connectivity index (χ1v) is 9.53. The molecule has 2 aromatic heterocycles. The monoisotopic (exact) mass is 347 g/mol. The van der Waals surface area contributed by atoms with Gasteiger partial charge in [0, 0.05) is 28.3 Å². The Bertz CT molecular complexity index is 826.